The van der Waals surface area contributed by atoms with Gasteiger partial charge in [-0.1, -0.05) is 53.7 Å². The quantitative estimate of drug-likeness (QED) is 0.396. The van der Waals surface area contributed by atoms with Gasteiger partial charge >= 0.3 is 0 Å². The Labute approximate surface area is 161 Å². The zero-order chi connectivity index (χ0) is 18.9. The number of rotatable bonds is 3. The molecule has 0 atom stereocenters. The molecule has 0 saturated carbocycles. The van der Waals surface area contributed by atoms with Crippen molar-refractivity contribution >= 4 is 11.8 Å². The van der Waals surface area contributed by atoms with Crippen molar-refractivity contribution in [2.45, 2.75) is 0 Å². The molecule has 0 aliphatic heterocycles. The van der Waals surface area contributed by atoms with Gasteiger partial charge in [0, 0.05) is 34.6 Å². The van der Waals surface area contributed by atoms with Gasteiger partial charge in [0.15, 0.2) is 0 Å². The number of nitrogens with one attached hydrogen (secondary N) is 1. The van der Waals surface area contributed by atoms with Gasteiger partial charge in [-0.2, -0.15) is 0 Å². The van der Waals surface area contributed by atoms with E-state index in [1.807, 2.05) is 60.7 Å². The molecule has 134 valence electrons. The van der Waals surface area contributed by atoms with Gasteiger partial charge < -0.3 is 10.2 Å². The summed E-state index contributed by atoms with van der Waals surface area (Å²) in [6, 6.07) is 20.0. The minimum absolute atomic E-state index is 0.572. The van der Waals surface area contributed by atoms with Crippen LogP contribution >= 0.6 is 0 Å². The van der Waals surface area contributed by atoms with Gasteiger partial charge in [-0.25, -0.2) is 4.98 Å². The van der Waals surface area contributed by atoms with Crippen LogP contribution in [0.5, 0.6) is 0 Å². The number of hydrogen-bond donors (Lipinski definition) is 2. The highest BCUT2D eigenvalue weighted by Crippen LogP contribution is 2.34. The fourth-order valence-electron chi connectivity index (χ4n) is 3.47. The third-order valence-electron chi connectivity index (χ3n) is 4.85. The van der Waals surface area contributed by atoms with Crippen molar-refractivity contribution in [2.75, 3.05) is 0 Å². The lowest BCUT2D eigenvalue weighted by molar-refractivity contribution is 0.320. The molecule has 4 aromatic rings. The smallest absolute Gasteiger partial charge is 0.138 e. The molecule has 0 spiro atoms. The molecule has 28 heavy (non-hydrogen) atoms. The first-order chi connectivity index (χ1) is 13.8. The molecule has 5 heteroatoms. The van der Waals surface area contributed by atoms with Gasteiger partial charge in [0.2, 0.25) is 0 Å². The summed E-state index contributed by atoms with van der Waals surface area (Å²) >= 11 is 0. The maximum atomic E-state index is 9.13. The van der Waals surface area contributed by atoms with Crippen molar-refractivity contribution in [3.8, 4) is 33.9 Å². The molecule has 5 rings (SSSR count). The number of hydrogen-bond acceptors (Lipinski definition) is 4. The molecule has 0 unspecified atom stereocenters. The van der Waals surface area contributed by atoms with Crippen LogP contribution in [0.2, 0.25) is 0 Å². The Morgan fingerprint density at radius 2 is 1.64 bits per heavy atom. The summed E-state index contributed by atoms with van der Waals surface area (Å²) in [7, 11) is 0. The predicted molar refractivity (Wildman–Crippen MR) is 110 cm³/mol. The third kappa shape index (κ3) is 2.70. The molecule has 2 aromatic carbocycles. The van der Waals surface area contributed by atoms with Crippen molar-refractivity contribution < 1.29 is 5.21 Å². The van der Waals surface area contributed by atoms with Crippen LogP contribution in [0.4, 0.5) is 0 Å². The van der Waals surface area contributed by atoms with E-state index in [1.54, 1.807) is 18.5 Å². The Morgan fingerprint density at radius 3 is 2.43 bits per heavy atom. The lowest BCUT2D eigenvalue weighted by atomic mass is 10.0. The van der Waals surface area contributed by atoms with E-state index in [0.717, 1.165) is 45.0 Å². The number of imidazole rings is 1. The second-order valence-electron chi connectivity index (χ2n) is 6.53. The van der Waals surface area contributed by atoms with Gasteiger partial charge in [-0.05, 0) is 29.8 Å². The monoisotopic (exact) mass is 364 g/mol. The minimum Gasteiger partial charge on any atom is -0.410 e. The number of H-pyrrole nitrogens is 1. The van der Waals surface area contributed by atoms with E-state index >= 15 is 0 Å². The van der Waals surface area contributed by atoms with Crippen molar-refractivity contribution in [2.24, 2.45) is 5.16 Å². The normalized spacial score (nSPS) is 13.8. The highest BCUT2D eigenvalue weighted by molar-refractivity contribution is 6.17. The summed E-state index contributed by atoms with van der Waals surface area (Å²) < 4.78 is 0. The van der Waals surface area contributed by atoms with Gasteiger partial charge in [0.05, 0.1) is 11.4 Å². The average Bonchev–Trinajstić information content (AvgIpc) is 3.39. The summed E-state index contributed by atoms with van der Waals surface area (Å²) in [6.45, 7) is 0. The number of benzene rings is 2. The Kier molecular flexibility index (Phi) is 3.84. The van der Waals surface area contributed by atoms with Crippen LogP contribution in [0.15, 0.2) is 84.3 Å². The second kappa shape index (κ2) is 6.63. The molecule has 1 aliphatic rings. The number of nitrogens with zero attached hydrogens (tertiary/aromatic N) is 3. The number of aromatic nitrogens is 3. The first kappa shape index (κ1) is 16.2. The third-order valence-corrected chi connectivity index (χ3v) is 4.85. The van der Waals surface area contributed by atoms with E-state index in [1.165, 1.54) is 0 Å². The van der Waals surface area contributed by atoms with Gasteiger partial charge in [-0.3, -0.25) is 4.98 Å². The van der Waals surface area contributed by atoms with Crippen molar-refractivity contribution in [3.05, 3.63) is 90.3 Å². The molecule has 5 nitrogen and oxygen atoms in total. The van der Waals surface area contributed by atoms with Crippen LogP contribution in [-0.2, 0) is 0 Å². The molecule has 0 bridgehead atoms. The summed E-state index contributed by atoms with van der Waals surface area (Å²) in [6.07, 6.45) is 7.30. The van der Waals surface area contributed by atoms with Crippen LogP contribution in [0.1, 0.15) is 11.1 Å². The predicted octanol–water partition coefficient (Wildman–Crippen LogP) is 5.01. The molecule has 1 aliphatic carbocycles. The average molecular weight is 364 g/mol. The zero-order valence-corrected chi connectivity index (χ0v) is 14.9. The van der Waals surface area contributed by atoms with Crippen molar-refractivity contribution in [3.63, 3.8) is 0 Å². The largest absolute Gasteiger partial charge is 0.410 e. The second-order valence-corrected chi connectivity index (χ2v) is 6.53. The van der Waals surface area contributed by atoms with Gasteiger partial charge in [0.1, 0.15) is 11.5 Å². The van der Waals surface area contributed by atoms with Crippen LogP contribution in [-0.4, -0.2) is 25.9 Å². The van der Waals surface area contributed by atoms with Crippen LogP contribution in [0.3, 0.4) is 0 Å². The molecular formula is C23H16N4O. The molecule has 2 aromatic heterocycles. The van der Waals surface area contributed by atoms with E-state index in [0.29, 0.717) is 5.71 Å². The number of fused-ring (bicyclic) bond motifs is 1. The maximum Gasteiger partial charge on any atom is 0.138 e. The lowest BCUT2D eigenvalue weighted by Gasteiger charge is -2.05. The summed E-state index contributed by atoms with van der Waals surface area (Å²) in [5.74, 6) is 0.816. The standard InChI is InChI=1S/C23H16N4O/c28-27-20-9-7-17-14-18(6-8-19(17)20)22-21(15-10-12-24-13-11-15)25-23(26-22)16-4-2-1-3-5-16/h1-14,28H,(H,25,26). The number of allylic oxidation sites excluding steroid dienone is 1. The van der Waals surface area contributed by atoms with Crippen molar-refractivity contribution in [1.82, 2.24) is 15.0 Å². The Hall–Kier alpha value is -3.99. The SMILES string of the molecule is ON=C1C=Cc2cc(-c3nc(-c4ccccc4)[nH]c3-c3ccncc3)ccc21. The van der Waals surface area contributed by atoms with Gasteiger partial charge in [0.25, 0.3) is 0 Å². The Morgan fingerprint density at radius 1 is 0.821 bits per heavy atom. The highest BCUT2D eigenvalue weighted by atomic mass is 16.4. The van der Waals surface area contributed by atoms with E-state index in [-0.39, 0.29) is 0 Å². The number of oxime groups is 1. The van der Waals surface area contributed by atoms with Crippen LogP contribution in [0, 0.1) is 0 Å². The van der Waals surface area contributed by atoms with Crippen molar-refractivity contribution in [1.29, 1.82) is 0 Å². The molecule has 0 saturated heterocycles. The highest BCUT2D eigenvalue weighted by Gasteiger charge is 2.18. The Bertz CT molecular complexity index is 1210. The van der Waals surface area contributed by atoms with Crippen LogP contribution < -0.4 is 0 Å². The Balaban J connectivity index is 1.69. The van der Waals surface area contributed by atoms with E-state index in [9.17, 15) is 0 Å². The molecule has 2 heterocycles. The first-order valence-corrected chi connectivity index (χ1v) is 8.94. The van der Waals surface area contributed by atoms with Gasteiger partial charge in [-0.15, -0.1) is 0 Å². The molecule has 0 radical (unpaired) electrons. The number of aromatic amines is 1. The molecule has 2 N–H and O–H groups in total. The molecular weight excluding hydrogens is 348 g/mol. The fourth-order valence-corrected chi connectivity index (χ4v) is 3.47. The molecule has 0 fully saturated rings. The maximum absolute atomic E-state index is 9.13. The van der Waals surface area contributed by atoms with E-state index < -0.39 is 0 Å². The zero-order valence-electron chi connectivity index (χ0n) is 14.9. The summed E-state index contributed by atoms with van der Waals surface area (Å²) in [5.41, 5.74) is 7.35. The van der Waals surface area contributed by atoms with E-state index in [4.69, 9.17) is 10.2 Å². The minimum atomic E-state index is 0.572. The van der Waals surface area contributed by atoms with Crippen LogP contribution in [0.25, 0.3) is 40.0 Å². The first-order valence-electron chi connectivity index (χ1n) is 8.94. The molecule has 0 amide bonds. The van der Waals surface area contributed by atoms with E-state index in [2.05, 4.69) is 21.2 Å². The summed E-state index contributed by atoms with van der Waals surface area (Å²) in [5, 5.41) is 12.5. The topological polar surface area (TPSA) is 74.2 Å². The lowest BCUT2D eigenvalue weighted by Crippen LogP contribution is -1.94. The fraction of sp³-hybridized carbons (Fsp3) is 0. The number of pyridine rings is 1. The summed E-state index contributed by atoms with van der Waals surface area (Å²) in [4.78, 5) is 12.5.